The monoisotopic (exact) mass is 812 g/mol. The number of pyridine rings is 1. The summed E-state index contributed by atoms with van der Waals surface area (Å²) in [6, 6.07) is 63.9. The van der Waals surface area contributed by atoms with Crippen LogP contribution in [0.2, 0.25) is 0 Å². The maximum atomic E-state index is 5.15. The van der Waals surface area contributed by atoms with Crippen LogP contribution in [0.5, 0.6) is 0 Å². The highest BCUT2D eigenvalue weighted by Gasteiger charge is 2.35. The summed E-state index contributed by atoms with van der Waals surface area (Å²) in [6.45, 7) is 4.64. The van der Waals surface area contributed by atoms with Gasteiger partial charge in [0.05, 0.1) is 22.9 Å². The molecule has 0 amide bonds. The van der Waals surface area contributed by atoms with Crippen molar-refractivity contribution >= 4 is 44.4 Å². The zero-order valence-corrected chi connectivity index (χ0v) is 34.7. The minimum Gasteiger partial charge on any atom is -0.247 e. The minimum atomic E-state index is -0.0555. The Bertz CT molecular complexity index is 3520. The topological polar surface area (TPSA) is 77.3 Å². The van der Waals surface area contributed by atoms with Crippen molar-refractivity contribution in [2.45, 2.75) is 19.3 Å². The number of nitrogens with zero attached hydrogens (tertiary/aromatic N) is 6. The van der Waals surface area contributed by atoms with E-state index in [4.69, 9.17) is 19.9 Å². The van der Waals surface area contributed by atoms with Crippen LogP contribution >= 0.6 is 11.7 Å². The van der Waals surface area contributed by atoms with Gasteiger partial charge in [-0.2, -0.15) is 8.75 Å². The lowest BCUT2D eigenvalue weighted by Crippen LogP contribution is -2.14. The molecule has 8 aromatic carbocycles. The second kappa shape index (κ2) is 14.2. The van der Waals surface area contributed by atoms with Gasteiger partial charge >= 0.3 is 0 Å². The molecule has 11 aromatic rings. The van der Waals surface area contributed by atoms with E-state index < -0.39 is 0 Å². The summed E-state index contributed by atoms with van der Waals surface area (Å²) in [5.74, 6) is 1.89. The van der Waals surface area contributed by atoms with Crippen LogP contribution in [0.4, 0.5) is 0 Å². The van der Waals surface area contributed by atoms with E-state index in [1.54, 1.807) is 0 Å². The molecule has 0 saturated carbocycles. The van der Waals surface area contributed by atoms with Crippen LogP contribution in [0.1, 0.15) is 25.0 Å². The molecule has 3 heterocycles. The Labute approximate surface area is 362 Å². The Morgan fingerprint density at radius 2 is 0.903 bits per heavy atom. The molecule has 62 heavy (non-hydrogen) atoms. The molecule has 12 rings (SSSR count). The predicted octanol–water partition coefficient (Wildman–Crippen LogP) is 13.9. The van der Waals surface area contributed by atoms with E-state index in [9.17, 15) is 0 Å². The summed E-state index contributed by atoms with van der Waals surface area (Å²) in [4.78, 5) is 20.2. The normalized spacial score (nSPS) is 12.8. The van der Waals surface area contributed by atoms with E-state index in [2.05, 4.69) is 162 Å². The standard InChI is InChI=1S/C55H36N6S/c1-55(2)45-14-8-6-12-41(45)42-29-28-40(32-46(42)55)35-20-26-39(27-21-35)54-58-52(37-10-4-3-5-11-37)57-53(59-54)38-24-18-34(19-25-38)33-16-22-36(23-17-33)50-44-30-31-48-51(61-62-60-48)49(44)43-13-7-9-15-47(43)56-50/h3-32H,1-2H3. The highest BCUT2D eigenvalue weighted by Crippen LogP contribution is 2.49. The third-order valence-electron chi connectivity index (χ3n) is 12.5. The van der Waals surface area contributed by atoms with Crippen molar-refractivity contribution in [3.05, 3.63) is 193 Å². The van der Waals surface area contributed by atoms with Crippen LogP contribution in [0.25, 0.3) is 112 Å². The number of benzene rings is 8. The highest BCUT2D eigenvalue weighted by atomic mass is 32.1. The number of fused-ring (bicyclic) bond motifs is 8. The first-order valence-electron chi connectivity index (χ1n) is 20.8. The summed E-state index contributed by atoms with van der Waals surface area (Å²) < 4.78 is 9.19. The van der Waals surface area contributed by atoms with Gasteiger partial charge in [-0.05, 0) is 68.8 Å². The summed E-state index contributed by atoms with van der Waals surface area (Å²) >= 11 is 1.25. The largest absolute Gasteiger partial charge is 0.247 e. The van der Waals surface area contributed by atoms with Gasteiger partial charge in [-0.1, -0.05) is 172 Å². The molecule has 0 fully saturated rings. The van der Waals surface area contributed by atoms with Crippen LogP contribution in [0.3, 0.4) is 0 Å². The van der Waals surface area contributed by atoms with Gasteiger partial charge in [-0.15, -0.1) is 0 Å². The first kappa shape index (κ1) is 36.1. The SMILES string of the molecule is CC1(C)c2ccccc2-c2ccc(-c3ccc(-c4nc(-c5ccccc5)nc(-c5ccc(-c6ccc(-c7nc8ccccc8c8c7ccc7nsnc78)cc6)cc5)n4)cc3)cc21. The van der Waals surface area contributed by atoms with Gasteiger partial charge in [0, 0.05) is 43.8 Å². The molecule has 1 aliphatic carbocycles. The quantitative estimate of drug-likeness (QED) is 0.156. The van der Waals surface area contributed by atoms with Gasteiger partial charge in [-0.25, -0.2) is 19.9 Å². The van der Waals surface area contributed by atoms with Gasteiger partial charge in [0.1, 0.15) is 11.0 Å². The number of hydrogen-bond donors (Lipinski definition) is 0. The Hall–Kier alpha value is -7.74. The maximum absolute atomic E-state index is 5.15. The molecule has 6 nitrogen and oxygen atoms in total. The molecule has 0 radical (unpaired) electrons. The molecule has 292 valence electrons. The zero-order chi connectivity index (χ0) is 41.4. The molecule has 0 bridgehead atoms. The van der Waals surface area contributed by atoms with Crippen molar-refractivity contribution in [3.8, 4) is 78.8 Å². The maximum Gasteiger partial charge on any atom is 0.164 e. The molecule has 0 spiro atoms. The van der Waals surface area contributed by atoms with Crippen LogP contribution in [-0.4, -0.2) is 28.7 Å². The van der Waals surface area contributed by atoms with Crippen molar-refractivity contribution < 1.29 is 0 Å². The van der Waals surface area contributed by atoms with E-state index in [1.165, 1.54) is 39.5 Å². The van der Waals surface area contributed by atoms with Gasteiger partial charge < -0.3 is 0 Å². The second-order valence-electron chi connectivity index (χ2n) is 16.4. The minimum absolute atomic E-state index is 0.0555. The first-order valence-corrected chi connectivity index (χ1v) is 21.5. The lowest BCUT2D eigenvalue weighted by molar-refractivity contribution is 0.660. The molecular weight excluding hydrogens is 777 g/mol. The summed E-state index contributed by atoms with van der Waals surface area (Å²) in [6.07, 6.45) is 0. The van der Waals surface area contributed by atoms with E-state index in [0.717, 1.165) is 77.3 Å². The molecule has 1 aliphatic rings. The van der Waals surface area contributed by atoms with Crippen LogP contribution in [0.15, 0.2) is 182 Å². The number of hydrogen-bond acceptors (Lipinski definition) is 7. The van der Waals surface area contributed by atoms with Crippen molar-refractivity contribution in [2.75, 3.05) is 0 Å². The number of para-hydroxylation sites is 1. The Balaban J connectivity index is 0.860. The summed E-state index contributed by atoms with van der Waals surface area (Å²) in [5, 5.41) is 3.25. The number of rotatable bonds is 6. The Morgan fingerprint density at radius 3 is 1.60 bits per heavy atom. The molecule has 7 heteroatoms. The molecule has 0 aliphatic heterocycles. The molecule has 3 aromatic heterocycles. The van der Waals surface area contributed by atoms with Crippen LogP contribution in [0, 0.1) is 0 Å². The fraction of sp³-hybridized carbons (Fsp3) is 0.0545. The fourth-order valence-corrected chi connectivity index (χ4v) is 9.73. The van der Waals surface area contributed by atoms with Crippen LogP contribution < -0.4 is 0 Å². The van der Waals surface area contributed by atoms with E-state index in [-0.39, 0.29) is 5.41 Å². The number of aromatic nitrogens is 6. The molecule has 0 N–H and O–H groups in total. The lowest BCUT2D eigenvalue weighted by atomic mass is 9.81. The Kier molecular flexibility index (Phi) is 8.27. The fourth-order valence-electron chi connectivity index (χ4n) is 9.18. The van der Waals surface area contributed by atoms with Crippen LogP contribution in [-0.2, 0) is 5.41 Å². The molecule has 0 saturated heterocycles. The van der Waals surface area contributed by atoms with Gasteiger partial charge in [0.25, 0.3) is 0 Å². The van der Waals surface area contributed by atoms with Gasteiger partial charge in [0.15, 0.2) is 17.5 Å². The average Bonchev–Trinajstić information content (AvgIpc) is 3.91. The van der Waals surface area contributed by atoms with Crippen molar-refractivity contribution in [3.63, 3.8) is 0 Å². The van der Waals surface area contributed by atoms with Gasteiger partial charge in [-0.3, -0.25) is 0 Å². The molecule has 0 atom stereocenters. The van der Waals surface area contributed by atoms with Crippen molar-refractivity contribution in [1.29, 1.82) is 0 Å². The highest BCUT2D eigenvalue weighted by molar-refractivity contribution is 7.00. The summed E-state index contributed by atoms with van der Waals surface area (Å²) in [7, 11) is 0. The van der Waals surface area contributed by atoms with E-state index in [1.807, 2.05) is 42.5 Å². The second-order valence-corrected chi connectivity index (χ2v) is 17.0. The van der Waals surface area contributed by atoms with Crippen molar-refractivity contribution in [1.82, 2.24) is 28.7 Å². The van der Waals surface area contributed by atoms with E-state index >= 15 is 0 Å². The average molecular weight is 813 g/mol. The lowest BCUT2D eigenvalue weighted by Gasteiger charge is -2.22. The van der Waals surface area contributed by atoms with Gasteiger partial charge in [0.2, 0.25) is 0 Å². The summed E-state index contributed by atoms with van der Waals surface area (Å²) in [5.41, 5.74) is 17.4. The molecular formula is C55H36N6S. The smallest absolute Gasteiger partial charge is 0.164 e. The van der Waals surface area contributed by atoms with E-state index in [0.29, 0.717) is 17.5 Å². The molecule has 0 unspecified atom stereocenters. The predicted molar refractivity (Wildman–Crippen MR) is 254 cm³/mol. The van der Waals surface area contributed by atoms with Crippen molar-refractivity contribution in [2.24, 2.45) is 0 Å². The Morgan fingerprint density at radius 1 is 0.371 bits per heavy atom. The first-order chi connectivity index (χ1) is 30.5. The zero-order valence-electron chi connectivity index (χ0n) is 33.9. The third-order valence-corrected chi connectivity index (χ3v) is 13.0. The third kappa shape index (κ3) is 5.92.